The third-order valence-electron chi connectivity index (χ3n) is 5.65. The average Bonchev–Trinajstić information content (AvgIpc) is 3.51. The number of aromatic nitrogens is 4. The number of nitrogens with zero attached hydrogens (tertiary/aromatic N) is 3. The van der Waals surface area contributed by atoms with E-state index in [0.29, 0.717) is 19.5 Å². The highest BCUT2D eigenvalue weighted by Gasteiger charge is 2.45. The summed E-state index contributed by atoms with van der Waals surface area (Å²) >= 11 is 0. The predicted octanol–water partition coefficient (Wildman–Crippen LogP) is 0.886. The SMILES string of the molecule is NS(=O)(=O)c1c(S(=O)(=O)C[C@@H]2CCNC2)ccc(-c2cccc3c2OC(F)(F)O3)c1-c1nn[nH]n1. The van der Waals surface area contributed by atoms with Crippen molar-refractivity contribution in [1.82, 2.24) is 25.9 Å². The quantitative estimate of drug-likeness (QED) is 0.416. The van der Waals surface area contributed by atoms with Crippen LogP contribution in [0.15, 0.2) is 40.1 Å². The Morgan fingerprint density at radius 3 is 2.57 bits per heavy atom. The van der Waals surface area contributed by atoms with Crippen LogP contribution in [0.25, 0.3) is 22.5 Å². The van der Waals surface area contributed by atoms with Gasteiger partial charge in [0.15, 0.2) is 21.3 Å². The van der Waals surface area contributed by atoms with E-state index in [1.165, 1.54) is 24.3 Å². The number of alkyl halides is 2. The number of nitrogens with two attached hydrogens (primary N) is 1. The van der Waals surface area contributed by atoms with Crippen molar-refractivity contribution in [2.45, 2.75) is 22.5 Å². The highest BCUT2D eigenvalue weighted by Crippen LogP contribution is 2.50. The zero-order valence-electron chi connectivity index (χ0n) is 17.7. The number of hydrogen-bond donors (Lipinski definition) is 3. The van der Waals surface area contributed by atoms with Gasteiger partial charge in [0.05, 0.1) is 16.2 Å². The Bertz CT molecular complexity index is 1510. The van der Waals surface area contributed by atoms with E-state index in [-0.39, 0.29) is 45.7 Å². The van der Waals surface area contributed by atoms with E-state index in [4.69, 9.17) is 5.14 Å². The van der Waals surface area contributed by atoms with E-state index in [9.17, 15) is 25.6 Å². The summed E-state index contributed by atoms with van der Waals surface area (Å²) in [6.07, 6.45) is -3.35. The minimum atomic E-state index is -4.71. The summed E-state index contributed by atoms with van der Waals surface area (Å²) in [5, 5.41) is 21.8. The van der Waals surface area contributed by atoms with E-state index >= 15 is 0 Å². The van der Waals surface area contributed by atoms with Crippen molar-refractivity contribution in [3.63, 3.8) is 0 Å². The number of halogens is 2. The van der Waals surface area contributed by atoms with Gasteiger partial charge in [-0.25, -0.2) is 22.0 Å². The fourth-order valence-corrected chi connectivity index (χ4v) is 7.55. The van der Waals surface area contributed by atoms with Crippen LogP contribution in [0.3, 0.4) is 0 Å². The number of primary sulfonamides is 1. The number of sulfone groups is 1. The highest BCUT2D eigenvalue weighted by molar-refractivity contribution is 7.93. The number of ether oxygens (including phenoxy) is 2. The first-order chi connectivity index (χ1) is 16.5. The molecule has 1 atom stereocenters. The molecule has 3 heterocycles. The first-order valence-corrected chi connectivity index (χ1v) is 13.4. The smallest absolute Gasteiger partial charge is 0.395 e. The van der Waals surface area contributed by atoms with Gasteiger partial charge in [0, 0.05) is 5.56 Å². The molecule has 0 bridgehead atoms. The second-order valence-corrected chi connectivity index (χ2v) is 11.5. The number of tetrazole rings is 1. The number of fused-ring (bicyclic) bond motifs is 1. The van der Waals surface area contributed by atoms with Crippen molar-refractivity contribution < 1.29 is 35.1 Å². The molecule has 2 aliphatic rings. The molecule has 16 heteroatoms. The maximum Gasteiger partial charge on any atom is 0.586 e. The Balaban J connectivity index is 1.79. The van der Waals surface area contributed by atoms with Crippen molar-refractivity contribution in [3.05, 3.63) is 30.3 Å². The van der Waals surface area contributed by atoms with E-state index in [1.807, 2.05) is 0 Å². The molecule has 0 spiro atoms. The number of hydrogen-bond acceptors (Lipinski definition) is 10. The zero-order valence-corrected chi connectivity index (χ0v) is 19.4. The fraction of sp³-hybridized carbons (Fsp3) is 0.316. The van der Waals surface area contributed by atoms with Crippen LogP contribution in [0.4, 0.5) is 8.78 Å². The van der Waals surface area contributed by atoms with Gasteiger partial charge in [0.25, 0.3) is 0 Å². The van der Waals surface area contributed by atoms with Crippen LogP contribution in [0.2, 0.25) is 0 Å². The van der Waals surface area contributed by atoms with Crippen LogP contribution in [0.1, 0.15) is 6.42 Å². The molecule has 12 nitrogen and oxygen atoms in total. The van der Waals surface area contributed by atoms with E-state index in [1.54, 1.807) is 0 Å². The van der Waals surface area contributed by atoms with Crippen molar-refractivity contribution in [3.8, 4) is 34.0 Å². The summed E-state index contributed by atoms with van der Waals surface area (Å²) in [4.78, 5) is -1.32. The van der Waals surface area contributed by atoms with Gasteiger partial charge >= 0.3 is 6.29 Å². The maximum absolute atomic E-state index is 13.8. The van der Waals surface area contributed by atoms with Gasteiger partial charge in [-0.1, -0.05) is 18.2 Å². The molecular formula is C19H18F2N6O6S2. The third kappa shape index (κ3) is 4.33. The maximum atomic E-state index is 13.8. The number of aromatic amines is 1. The predicted molar refractivity (Wildman–Crippen MR) is 116 cm³/mol. The van der Waals surface area contributed by atoms with Crippen LogP contribution >= 0.6 is 0 Å². The van der Waals surface area contributed by atoms with Gasteiger partial charge in [-0.2, -0.15) is 5.21 Å². The number of sulfonamides is 1. The van der Waals surface area contributed by atoms with Crippen LogP contribution in [-0.4, -0.2) is 62.6 Å². The number of benzene rings is 2. The second-order valence-electron chi connectivity index (χ2n) is 8.04. The minimum absolute atomic E-state index is 0.0201. The molecule has 4 N–H and O–H groups in total. The molecular weight excluding hydrogens is 510 g/mol. The fourth-order valence-electron chi connectivity index (χ4n) is 4.24. The van der Waals surface area contributed by atoms with Crippen molar-refractivity contribution in [2.24, 2.45) is 11.1 Å². The molecule has 2 aliphatic heterocycles. The monoisotopic (exact) mass is 528 g/mol. The van der Waals surface area contributed by atoms with Crippen LogP contribution in [0, 0.1) is 5.92 Å². The first kappa shape index (κ1) is 23.5. The van der Waals surface area contributed by atoms with Crippen molar-refractivity contribution in [1.29, 1.82) is 0 Å². The molecule has 3 aromatic rings. The van der Waals surface area contributed by atoms with Crippen LogP contribution < -0.4 is 19.9 Å². The van der Waals surface area contributed by atoms with Gasteiger partial charge in [-0.05, 0) is 48.3 Å². The normalized spacial score (nSPS) is 19.2. The van der Waals surface area contributed by atoms with Gasteiger partial charge in [-0.15, -0.1) is 19.0 Å². The Hall–Kier alpha value is -3.21. The lowest BCUT2D eigenvalue weighted by Gasteiger charge is -2.18. The number of nitrogens with one attached hydrogen (secondary N) is 2. The first-order valence-electron chi connectivity index (χ1n) is 10.2. The largest absolute Gasteiger partial charge is 0.586 e. The summed E-state index contributed by atoms with van der Waals surface area (Å²) in [6, 6.07) is 6.32. The van der Waals surface area contributed by atoms with Crippen molar-refractivity contribution >= 4 is 19.9 Å². The molecule has 0 radical (unpaired) electrons. The summed E-state index contributed by atoms with van der Waals surface area (Å²) < 4.78 is 89.0. The molecule has 0 amide bonds. The Morgan fingerprint density at radius 2 is 1.91 bits per heavy atom. The summed E-state index contributed by atoms with van der Waals surface area (Å²) in [5.74, 6) is -1.54. The molecule has 2 aromatic carbocycles. The Labute approximate surface area is 197 Å². The van der Waals surface area contributed by atoms with Gasteiger partial charge in [0.2, 0.25) is 15.8 Å². The van der Waals surface area contributed by atoms with Crippen molar-refractivity contribution in [2.75, 3.05) is 18.8 Å². The van der Waals surface area contributed by atoms with Crippen LogP contribution in [-0.2, 0) is 19.9 Å². The third-order valence-corrected chi connectivity index (χ3v) is 8.69. The molecule has 0 aliphatic carbocycles. The summed E-state index contributed by atoms with van der Waals surface area (Å²) in [5.41, 5.74) is -0.387. The number of H-pyrrole nitrogens is 1. The second kappa shape index (κ2) is 8.18. The molecule has 0 saturated carbocycles. The van der Waals surface area contributed by atoms with Gasteiger partial charge in [0.1, 0.15) is 4.90 Å². The van der Waals surface area contributed by atoms with E-state index in [0.717, 1.165) is 6.07 Å². The molecule has 1 aromatic heterocycles. The lowest BCUT2D eigenvalue weighted by atomic mass is 9.98. The molecule has 0 unspecified atom stereocenters. The number of rotatable bonds is 6. The lowest BCUT2D eigenvalue weighted by Crippen LogP contribution is -2.26. The highest BCUT2D eigenvalue weighted by atomic mass is 32.2. The van der Waals surface area contributed by atoms with E-state index in [2.05, 4.69) is 35.4 Å². The van der Waals surface area contributed by atoms with Gasteiger partial charge in [-0.3, -0.25) is 0 Å². The lowest BCUT2D eigenvalue weighted by molar-refractivity contribution is -0.286. The molecule has 1 saturated heterocycles. The average molecular weight is 529 g/mol. The number of para-hydroxylation sites is 1. The zero-order chi connectivity index (χ0) is 25.0. The van der Waals surface area contributed by atoms with Crippen LogP contribution in [0.5, 0.6) is 11.5 Å². The molecule has 35 heavy (non-hydrogen) atoms. The Morgan fingerprint density at radius 1 is 1.11 bits per heavy atom. The van der Waals surface area contributed by atoms with Gasteiger partial charge < -0.3 is 14.8 Å². The minimum Gasteiger partial charge on any atom is -0.395 e. The summed E-state index contributed by atoms with van der Waals surface area (Å²) in [6.45, 7) is 1.10. The Kier molecular flexibility index (Phi) is 5.50. The molecule has 186 valence electrons. The molecule has 5 rings (SSSR count). The molecule has 1 fully saturated rings. The standard InChI is InChI=1S/C19H18F2N6O6S2/c20-19(21)32-13-3-1-2-12(16(13)33-19)11-4-5-14(34(28,29)9-10-6-7-23-8-10)17(35(22,30)31)15(11)18-24-26-27-25-18/h1-5,10,23H,6-9H2,(H2,22,30,31)(H,24,25,26,27)/t10-/m1/s1. The summed E-state index contributed by atoms with van der Waals surface area (Å²) in [7, 11) is -8.87. The topological polar surface area (TPSA) is 179 Å². The van der Waals surface area contributed by atoms with E-state index < -0.39 is 35.9 Å².